The van der Waals surface area contributed by atoms with E-state index in [1.165, 1.54) is 11.0 Å². The number of amides is 1. The van der Waals surface area contributed by atoms with Crippen LogP contribution in [0.15, 0.2) is 11.8 Å². The summed E-state index contributed by atoms with van der Waals surface area (Å²) >= 11 is 0. The molecular formula is C12H18N2O4. The monoisotopic (exact) mass is 254 g/mol. The van der Waals surface area contributed by atoms with Crippen LogP contribution in [0.4, 0.5) is 0 Å². The van der Waals surface area contributed by atoms with E-state index in [1.54, 1.807) is 20.8 Å². The SMILES string of the molecule is CC(C)(C)OC(=O)C1=C[C@H](O)C[C@H]2[C@@H](N)C(=O)N12. The first-order chi connectivity index (χ1) is 8.20. The number of aliphatic hydroxyl groups excluding tert-OH is 1. The predicted octanol–water partition coefficient (Wildman–Crippen LogP) is -0.485. The Kier molecular flexibility index (Phi) is 2.95. The van der Waals surface area contributed by atoms with Crippen LogP contribution >= 0.6 is 0 Å². The molecule has 0 spiro atoms. The van der Waals surface area contributed by atoms with Crippen molar-refractivity contribution >= 4 is 11.9 Å². The summed E-state index contributed by atoms with van der Waals surface area (Å²) in [6, 6.07) is -0.939. The van der Waals surface area contributed by atoms with Gasteiger partial charge in [0.05, 0.1) is 12.1 Å². The van der Waals surface area contributed by atoms with Crippen molar-refractivity contribution < 1.29 is 19.4 Å². The molecule has 0 aliphatic carbocycles. The average molecular weight is 254 g/mol. The molecule has 1 fully saturated rings. The van der Waals surface area contributed by atoms with Crippen molar-refractivity contribution in [2.24, 2.45) is 5.73 Å². The summed E-state index contributed by atoms with van der Waals surface area (Å²) in [6.45, 7) is 5.23. The van der Waals surface area contributed by atoms with Crippen LogP contribution in [0.2, 0.25) is 0 Å². The Labute approximate surface area is 105 Å². The first-order valence-electron chi connectivity index (χ1n) is 5.92. The third-order valence-corrected chi connectivity index (χ3v) is 2.97. The third-order valence-electron chi connectivity index (χ3n) is 2.97. The molecule has 0 saturated carbocycles. The van der Waals surface area contributed by atoms with E-state index in [9.17, 15) is 14.7 Å². The van der Waals surface area contributed by atoms with E-state index in [-0.39, 0.29) is 17.6 Å². The fraction of sp³-hybridized carbons (Fsp3) is 0.667. The zero-order valence-corrected chi connectivity index (χ0v) is 10.7. The van der Waals surface area contributed by atoms with Crippen LogP contribution in [0.5, 0.6) is 0 Å². The van der Waals surface area contributed by atoms with Crippen LogP contribution in [0.1, 0.15) is 27.2 Å². The summed E-state index contributed by atoms with van der Waals surface area (Å²) < 4.78 is 5.21. The number of rotatable bonds is 1. The normalized spacial score (nSPS) is 31.4. The standard InChI is InChI=1S/C12H18N2O4/c1-12(2,3)18-11(17)8-5-6(15)4-7-9(13)10(16)14(7)8/h5-7,9,15H,4,13H2,1-3H3/t6-,7+,9-/m1/s1. The van der Waals surface area contributed by atoms with Gasteiger partial charge >= 0.3 is 5.97 Å². The minimum Gasteiger partial charge on any atom is -0.455 e. The summed E-state index contributed by atoms with van der Waals surface area (Å²) in [5.74, 6) is -0.907. The molecule has 0 bridgehead atoms. The third kappa shape index (κ3) is 2.13. The molecule has 2 rings (SSSR count). The number of carbonyl (C=O) groups is 2. The maximum absolute atomic E-state index is 12.0. The number of ether oxygens (including phenoxy) is 1. The van der Waals surface area contributed by atoms with E-state index in [4.69, 9.17) is 10.5 Å². The van der Waals surface area contributed by atoms with Gasteiger partial charge in [-0.1, -0.05) is 0 Å². The average Bonchev–Trinajstić information content (AvgIpc) is 2.24. The lowest BCUT2D eigenvalue weighted by molar-refractivity contribution is -0.161. The van der Waals surface area contributed by atoms with Crippen molar-refractivity contribution in [2.75, 3.05) is 0 Å². The van der Waals surface area contributed by atoms with Crippen molar-refractivity contribution in [3.63, 3.8) is 0 Å². The van der Waals surface area contributed by atoms with Crippen LogP contribution in [-0.4, -0.2) is 45.7 Å². The molecule has 0 aromatic rings. The second kappa shape index (κ2) is 4.07. The fourth-order valence-corrected chi connectivity index (χ4v) is 2.19. The van der Waals surface area contributed by atoms with Gasteiger partial charge in [0.2, 0.25) is 5.91 Å². The number of nitrogens with two attached hydrogens (primary N) is 1. The van der Waals surface area contributed by atoms with Crippen molar-refractivity contribution in [3.05, 3.63) is 11.8 Å². The van der Waals surface area contributed by atoms with Crippen LogP contribution in [0.3, 0.4) is 0 Å². The molecule has 2 aliphatic rings. The summed E-state index contributed by atoms with van der Waals surface area (Å²) in [5, 5.41) is 9.68. The maximum atomic E-state index is 12.0. The Morgan fingerprint density at radius 1 is 1.56 bits per heavy atom. The molecule has 3 atom stereocenters. The number of aliphatic hydroxyl groups is 1. The maximum Gasteiger partial charge on any atom is 0.355 e. The fourth-order valence-electron chi connectivity index (χ4n) is 2.19. The summed E-state index contributed by atoms with van der Waals surface area (Å²) in [4.78, 5) is 24.9. The Bertz CT molecular complexity index is 424. The van der Waals surface area contributed by atoms with Crippen LogP contribution in [-0.2, 0) is 14.3 Å². The molecule has 6 nitrogen and oxygen atoms in total. The van der Waals surface area contributed by atoms with Crippen LogP contribution in [0.25, 0.3) is 0 Å². The minimum absolute atomic E-state index is 0.0976. The largest absolute Gasteiger partial charge is 0.455 e. The first kappa shape index (κ1) is 13.0. The number of nitrogens with zero attached hydrogens (tertiary/aromatic N) is 1. The predicted molar refractivity (Wildman–Crippen MR) is 63.2 cm³/mol. The molecule has 1 amide bonds. The van der Waals surface area contributed by atoms with Gasteiger partial charge < -0.3 is 15.6 Å². The summed E-state index contributed by atoms with van der Waals surface area (Å²) in [7, 11) is 0. The highest BCUT2D eigenvalue weighted by Gasteiger charge is 2.51. The van der Waals surface area contributed by atoms with Crippen molar-refractivity contribution in [1.29, 1.82) is 0 Å². The van der Waals surface area contributed by atoms with Gasteiger partial charge in [-0.15, -0.1) is 0 Å². The molecule has 2 aliphatic heterocycles. The van der Waals surface area contributed by atoms with E-state index in [0.29, 0.717) is 6.42 Å². The molecule has 0 aromatic carbocycles. The highest BCUT2D eigenvalue weighted by atomic mass is 16.6. The first-order valence-corrected chi connectivity index (χ1v) is 5.92. The highest BCUT2D eigenvalue weighted by molar-refractivity contribution is 6.00. The quantitative estimate of drug-likeness (QED) is 0.487. The van der Waals surface area contributed by atoms with Gasteiger partial charge in [0, 0.05) is 0 Å². The number of esters is 1. The second-order valence-electron chi connectivity index (χ2n) is 5.66. The van der Waals surface area contributed by atoms with Gasteiger partial charge in [-0.2, -0.15) is 0 Å². The lowest BCUT2D eigenvalue weighted by Gasteiger charge is -2.48. The van der Waals surface area contributed by atoms with E-state index in [2.05, 4.69) is 0 Å². The van der Waals surface area contributed by atoms with Gasteiger partial charge in [-0.05, 0) is 33.3 Å². The highest BCUT2D eigenvalue weighted by Crippen LogP contribution is 2.33. The number of hydrogen-bond acceptors (Lipinski definition) is 5. The molecule has 0 radical (unpaired) electrons. The molecule has 6 heteroatoms. The molecule has 2 heterocycles. The molecular weight excluding hydrogens is 236 g/mol. The lowest BCUT2D eigenvalue weighted by Crippen LogP contribution is -2.70. The van der Waals surface area contributed by atoms with Gasteiger partial charge in [-0.3, -0.25) is 9.69 Å². The molecule has 1 saturated heterocycles. The number of β-lactam (4-membered cyclic amide) rings is 1. The van der Waals surface area contributed by atoms with Gasteiger partial charge in [0.15, 0.2) is 0 Å². The molecule has 0 aromatic heterocycles. The van der Waals surface area contributed by atoms with E-state index in [0.717, 1.165) is 0 Å². The molecule has 3 N–H and O–H groups in total. The summed E-state index contributed by atoms with van der Waals surface area (Å²) in [5.41, 5.74) is 5.10. The Hall–Kier alpha value is -1.40. The van der Waals surface area contributed by atoms with Crippen molar-refractivity contribution in [1.82, 2.24) is 4.90 Å². The summed E-state index contributed by atoms with van der Waals surface area (Å²) in [6.07, 6.45) is 0.945. The lowest BCUT2D eigenvalue weighted by atomic mass is 9.86. The Morgan fingerprint density at radius 3 is 2.72 bits per heavy atom. The minimum atomic E-state index is -0.770. The smallest absolute Gasteiger partial charge is 0.355 e. The van der Waals surface area contributed by atoms with Gasteiger partial charge in [0.1, 0.15) is 17.3 Å². The number of carbonyl (C=O) groups excluding carboxylic acids is 2. The topological polar surface area (TPSA) is 92.9 Å². The van der Waals surface area contributed by atoms with E-state index >= 15 is 0 Å². The second-order valence-corrected chi connectivity index (χ2v) is 5.66. The number of fused-ring (bicyclic) bond motifs is 1. The van der Waals surface area contributed by atoms with E-state index < -0.39 is 23.7 Å². The molecule has 18 heavy (non-hydrogen) atoms. The number of hydrogen-bond donors (Lipinski definition) is 2. The van der Waals surface area contributed by atoms with Crippen LogP contribution < -0.4 is 5.73 Å². The molecule has 100 valence electrons. The van der Waals surface area contributed by atoms with Crippen molar-refractivity contribution in [2.45, 2.75) is 51.0 Å². The Balaban J connectivity index is 2.21. The van der Waals surface area contributed by atoms with E-state index in [1.807, 2.05) is 0 Å². The van der Waals surface area contributed by atoms with Gasteiger partial charge in [0.25, 0.3) is 0 Å². The Morgan fingerprint density at radius 2 is 2.17 bits per heavy atom. The molecule has 0 unspecified atom stereocenters. The zero-order chi connectivity index (χ0) is 13.7. The van der Waals surface area contributed by atoms with Crippen LogP contribution in [0, 0.1) is 0 Å². The van der Waals surface area contributed by atoms with Crippen molar-refractivity contribution in [3.8, 4) is 0 Å². The zero-order valence-electron chi connectivity index (χ0n) is 10.7. The van der Waals surface area contributed by atoms with Gasteiger partial charge in [-0.25, -0.2) is 4.79 Å².